The van der Waals surface area contributed by atoms with Gasteiger partial charge in [0.25, 0.3) is 0 Å². The van der Waals surface area contributed by atoms with Crippen LogP contribution in [0, 0.1) is 5.92 Å². The highest BCUT2D eigenvalue weighted by Crippen LogP contribution is 2.54. The topological polar surface area (TPSA) is 34.1 Å². The molecule has 2 atom stereocenters. The Kier molecular flexibility index (Phi) is 23.6. The summed E-state index contributed by atoms with van der Waals surface area (Å²) in [5.74, 6) is -0.335. The third kappa shape index (κ3) is 22.3. The van der Waals surface area contributed by atoms with Crippen molar-refractivity contribution in [2.45, 2.75) is 149 Å². The normalized spacial score (nSPS) is 14.4. The first-order valence-corrected chi connectivity index (χ1v) is 17.3. The third-order valence-electron chi connectivity index (χ3n) is 6.57. The number of carbonyl (C=O) groups excluding carboxylic acids is 1. The van der Waals surface area contributed by atoms with Gasteiger partial charge >= 0.3 is 0 Å². The summed E-state index contributed by atoms with van der Waals surface area (Å²) in [5, 5.41) is -0.366. The maximum Gasteiger partial charge on any atom is 0.225 e. The first kappa shape index (κ1) is 32.5. The molecule has 0 aromatic carbocycles. The number of unbranched alkanes of at least 4 members (excludes halogenated alkanes) is 18. The highest BCUT2D eigenvalue weighted by Gasteiger charge is 2.27. The van der Waals surface area contributed by atoms with Crippen molar-refractivity contribution in [3.05, 3.63) is 0 Å². The van der Waals surface area contributed by atoms with Crippen LogP contribution < -0.4 is 0 Å². The minimum atomic E-state index is -2.78. The predicted molar refractivity (Wildman–Crippen MR) is 146 cm³/mol. The average molecular weight is 512 g/mol. The lowest BCUT2D eigenvalue weighted by atomic mass is 10.0. The Morgan fingerprint density at radius 2 is 0.969 bits per heavy atom. The molecular formula is C27H53Cl2O2P. The van der Waals surface area contributed by atoms with Gasteiger partial charge in [-0.05, 0) is 24.4 Å². The summed E-state index contributed by atoms with van der Waals surface area (Å²) >= 11 is 12.1. The predicted octanol–water partition coefficient (Wildman–Crippen LogP) is 11.1. The average Bonchev–Trinajstić information content (AvgIpc) is 2.75. The Morgan fingerprint density at radius 3 is 1.34 bits per heavy atom. The minimum Gasteiger partial charge on any atom is -0.307 e. The van der Waals surface area contributed by atoms with Crippen LogP contribution in [0.4, 0.5) is 0 Å². The van der Waals surface area contributed by atoms with E-state index < -0.39 is 6.49 Å². The van der Waals surface area contributed by atoms with Crippen molar-refractivity contribution >= 4 is 34.6 Å². The van der Waals surface area contributed by atoms with Crippen LogP contribution in [0.15, 0.2) is 0 Å². The first-order chi connectivity index (χ1) is 15.4. The molecule has 2 nitrogen and oxygen atoms in total. The number of halogens is 2. The summed E-state index contributed by atoms with van der Waals surface area (Å²) in [6.07, 6.45) is 27.1. The van der Waals surface area contributed by atoms with Crippen LogP contribution in [0.5, 0.6) is 0 Å². The molecule has 0 spiro atoms. The number of rotatable bonds is 25. The fourth-order valence-corrected chi connectivity index (χ4v) is 7.45. The van der Waals surface area contributed by atoms with E-state index in [0.717, 1.165) is 38.5 Å². The van der Waals surface area contributed by atoms with Gasteiger partial charge in [-0.2, -0.15) is 0 Å². The molecule has 0 aliphatic rings. The Bertz CT molecular complexity index is 471. The van der Waals surface area contributed by atoms with E-state index in [4.69, 9.17) is 22.8 Å². The molecule has 0 saturated carbocycles. The summed E-state index contributed by atoms with van der Waals surface area (Å²) in [6.45, 7) is 1.66. The van der Waals surface area contributed by atoms with E-state index in [1.165, 1.54) is 96.3 Å². The van der Waals surface area contributed by atoms with Crippen molar-refractivity contribution in [2.75, 3.05) is 12.3 Å². The molecule has 0 aliphatic heterocycles. The van der Waals surface area contributed by atoms with Gasteiger partial charge in [0.05, 0.1) is 0 Å². The molecule has 0 radical (unpaired) electrons. The van der Waals surface area contributed by atoms with Gasteiger partial charge in [0.15, 0.2) is 6.49 Å². The number of carbonyl (C=O) groups is 1. The van der Waals surface area contributed by atoms with Gasteiger partial charge in [-0.15, -0.1) is 0 Å². The third-order valence-corrected chi connectivity index (χ3v) is 9.77. The van der Waals surface area contributed by atoms with Gasteiger partial charge in [-0.25, -0.2) is 0 Å². The molecule has 5 heteroatoms. The lowest BCUT2D eigenvalue weighted by Crippen LogP contribution is -2.14. The lowest BCUT2D eigenvalue weighted by molar-refractivity contribution is -0.114. The summed E-state index contributed by atoms with van der Waals surface area (Å²) in [4.78, 5) is 11.7. The van der Waals surface area contributed by atoms with Crippen molar-refractivity contribution in [2.24, 2.45) is 5.92 Å². The lowest BCUT2D eigenvalue weighted by Gasteiger charge is -2.17. The van der Waals surface area contributed by atoms with Gasteiger partial charge in [0, 0.05) is 18.2 Å². The molecule has 0 bridgehead atoms. The highest BCUT2D eigenvalue weighted by molar-refractivity contribution is 7.89. The van der Waals surface area contributed by atoms with Crippen molar-refractivity contribution in [3.8, 4) is 0 Å². The molecule has 2 unspecified atom stereocenters. The second-order valence-electron chi connectivity index (χ2n) is 9.85. The Balaban J connectivity index is 3.59. The maximum atomic E-state index is 12.7. The van der Waals surface area contributed by atoms with Crippen LogP contribution in [-0.4, -0.2) is 17.6 Å². The molecule has 0 amide bonds. The summed E-state index contributed by atoms with van der Waals surface area (Å²) in [6, 6.07) is 0. The zero-order valence-electron chi connectivity index (χ0n) is 21.4. The van der Waals surface area contributed by atoms with Crippen molar-refractivity contribution in [1.82, 2.24) is 0 Å². The van der Waals surface area contributed by atoms with Crippen LogP contribution in [-0.2, 0) is 9.36 Å². The largest absolute Gasteiger partial charge is 0.307 e. The van der Waals surface area contributed by atoms with Crippen molar-refractivity contribution < 1.29 is 9.36 Å². The van der Waals surface area contributed by atoms with Gasteiger partial charge in [0.2, 0.25) is 5.24 Å². The first-order valence-electron chi connectivity index (χ1n) is 13.9. The minimum absolute atomic E-state index is 0.280. The molecular weight excluding hydrogens is 458 g/mol. The van der Waals surface area contributed by atoms with Crippen LogP contribution in [0.3, 0.4) is 0 Å². The standard InChI is InChI=1S/C27H53Cl2O2P/c1-3-5-7-9-10-11-12-13-14-15-16-17-18-19-20-22-24-32(29,31)25-26(27(28)30)23-21-8-6-4-2/h26H,3-25H2,1-2H3. The van der Waals surface area contributed by atoms with E-state index in [0.29, 0.717) is 6.16 Å². The van der Waals surface area contributed by atoms with Crippen molar-refractivity contribution in [3.63, 3.8) is 0 Å². The second kappa shape index (κ2) is 23.2. The van der Waals surface area contributed by atoms with Crippen molar-refractivity contribution in [1.29, 1.82) is 0 Å². The SMILES string of the molecule is CCCCCCCCCCCCCCCCCCP(=O)(Cl)CC(CCCCCC)C(=O)Cl. The maximum absolute atomic E-state index is 12.7. The molecule has 0 heterocycles. The number of hydrogen-bond donors (Lipinski definition) is 0. The Labute approximate surface area is 210 Å². The van der Waals surface area contributed by atoms with E-state index in [9.17, 15) is 9.36 Å². The van der Waals surface area contributed by atoms with E-state index >= 15 is 0 Å². The van der Waals surface area contributed by atoms with Crippen LogP contribution >= 0.6 is 29.3 Å². The summed E-state index contributed by atoms with van der Waals surface area (Å²) in [5.41, 5.74) is 0. The van der Waals surface area contributed by atoms with E-state index in [1.54, 1.807) is 0 Å². The quantitative estimate of drug-likeness (QED) is 0.0694. The zero-order chi connectivity index (χ0) is 23.9. The molecule has 0 aromatic heterocycles. The van der Waals surface area contributed by atoms with Gasteiger partial charge < -0.3 is 4.57 Å². The summed E-state index contributed by atoms with van der Waals surface area (Å²) in [7, 11) is 0. The van der Waals surface area contributed by atoms with Gasteiger partial charge in [-0.1, -0.05) is 147 Å². The molecule has 0 saturated heterocycles. The summed E-state index contributed by atoms with van der Waals surface area (Å²) < 4.78 is 12.7. The zero-order valence-corrected chi connectivity index (χ0v) is 23.8. The molecule has 0 fully saturated rings. The molecule has 0 aromatic rings. The van der Waals surface area contributed by atoms with Crippen LogP contribution in [0.1, 0.15) is 149 Å². The monoisotopic (exact) mass is 510 g/mol. The van der Waals surface area contributed by atoms with E-state index in [1.807, 2.05) is 0 Å². The van der Waals surface area contributed by atoms with E-state index in [-0.39, 0.29) is 17.3 Å². The fraction of sp³-hybridized carbons (Fsp3) is 0.963. The highest BCUT2D eigenvalue weighted by atomic mass is 35.7. The molecule has 32 heavy (non-hydrogen) atoms. The van der Waals surface area contributed by atoms with Gasteiger partial charge in [-0.3, -0.25) is 4.79 Å². The van der Waals surface area contributed by atoms with Crippen LogP contribution in [0.25, 0.3) is 0 Å². The van der Waals surface area contributed by atoms with E-state index in [2.05, 4.69) is 13.8 Å². The molecule has 192 valence electrons. The number of hydrogen-bond acceptors (Lipinski definition) is 2. The van der Waals surface area contributed by atoms with Crippen LogP contribution in [0.2, 0.25) is 0 Å². The molecule has 0 N–H and O–H groups in total. The fourth-order valence-electron chi connectivity index (χ4n) is 4.41. The Morgan fingerprint density at radius 1 is 0.625 bits per heavy atom. The molecule has 0 aliphatic carbocycles. The Hall–Kier alpha value is 0.480. The smallest absolute Gasteiger partial charge is 0.225 e. The van der Waals surface area contributed by atoms with Gasteiger partial charge in [0.1, 0.15) is 0 Å². The molecule has 0 rings (SSSR count). The second-order valence-corrected chi connectivity index (χ2v) is 14.5.